The predicted molar refractivity (Wildman–Crippen MR) is 111 cm³/mol. The van der Waals surface area contributed by atoms with Crippen LogP contribution >= 0.6 is 0 Å². The van der Waals surface area contributed by atoms with Crippen LogP contribution in [0.1, 0.15) is 110 Å². The Morgan fingerprint density at radius 1 is 0.680 bits per heavy atom. The Hall–Kier alpha value is -0.870. The van der Waals surface area contributed by atoms with E-state index >= 15 is 0 Å². The van der Waals surface area contributed by atoms with E-state index in [1.165, 1.54) is 70.6 Å². The van der Waals surface area contributed by atoms with Crippen LogP contribution in [0.4, 0.5) is 0 Å². The number of carbonyl (C=O) groups is 1. The molecular weight excluding hydrogens is 312 g/mol. The molecule has 0 aromatic carbocycles. The monoisotopic (exact) mass is 358 g/mol. The van der Waals surface area contributed by atoms with Crippen molar-refractivity contribution in [1.82, 2.24) is 12.3 Å². The lowest BCUT2D eigenvalue weighted by Crippen LogP contribution is -2.04. The van der Waals surface area contributed by atoms with Crippen molar-refractivity contribution >= 4 is 5.97 Å². The SMILES string of the molecule is CCCCCCCC/C=C\CCCCCCCC(=O)OCCC.N.N. The Morgan fingerprint density at radius 3 is 1.68 bits per heavy atom. The zero-order valence-electron chi connectivity index (χ0n) is 17.2. The lowest BCUT2D eigenvalue weighted by molar-refractivity contribution is -0.143. The van der Waals surface area contributed by atoms with Crippen molar-refractivity contribution < 1.29 is 9.53 Å². The molecule has 0 radical (unpaired) electrons. The molecule has 0 fully saturated rings. The fourth-order valence-electron chi connectivity index (χ4n) is 2.63. The van der Waals surface area contributed by atoms with Gasteiger partial charge < -0.3 is 17.0 Å². The number of hydrogen-bond donors (Lipinski definition) is 2. The normalized spacial score (nSPS) is 10.3. The van der Waals surface area contributed by atoms with E-state index in [1.807, 2.05) is 6.92 Å². The Kier molecular flexibility index (Phi) is 29.3. The summed E-state index contributed by atoms with van der Waals surface area (Å²) in [6, 6.07) is 0. The van der Waals surface area contributed by atoms with Crippen LogP contribution in [-0.4, -0.2) is 12.6 Å². The van der Waals surface area contributed by atoms with Gasteiger partial charge in [0.25, 0.3) is 0 Å². The second kappa shape index (κ2) is 25.4. The van der Waals surface area contributed by atoms with E-state index in [1.54, 1.807) is 0 Å². The molecule has 0 spiro atoms. The first-order valence-corrected chi connectivity index (χ1v) is 10.1. The number of unbranched alkanes of at least 4 members (excludes halogenated alkanes) is 11. The first-order valence-electron chi connectivity index (χ1n) is 10.1. The topological polar surface area (TPSA) is 96.3 Å². The fourth-order valence-corrected chi connectivity index (χ4v) is 2.63. The van der Waals surface area contributed by atoms with Gasteiger partial charge in [0.1, 0.15) is 0 Å². The second-order valence-corrected chi connectivity index (χ2v) is 6.55. The van der Waals surface area contributed by atoms with Gasteiger partial charge in [-0.15, -0.1) is 0 Å². The molecule has 0 saturated carbocycles. The molecule has 0 heterocycles. The minimum absolute atomic E-state index is 0. The molecule has 0 unspecified atom stereocenters. The number of allylic oxidation sites excluding steroid dienone is 2. The third-order valence-corrected chi connectivity index (χ3v) is 4.11. The van der Waals surface area contributed by atoms with E-state index in [2.05, 4.69) is 19.1 Å². The summed E-state index contributed by atoms with van der Waals surface area (Å²) in [5.74, 6) is -0.0236. The van der Waals surface area contributed by atoms with E-state index in [9.17, 15) is 4.79 Å². The number of esters is 1. The number of rotatable bonds is 17. The zero-order chi connectivity index (χ0) is 17.0. The molecule has 0 aromatic rings. The van der Waals surface area contributed by atoms with Crippen LogP contribution in [-0.2, 0) is 9.53 Å². The Morgan fingerprint density at radius 2 is 1.16 bits per heavy atom. The van der Waals surface area contributed by atoms with Crippen molar-refractivity contribution in [1.29, 1.82) is 0 Å². The predicted octanol–water partition coefficient (Wildman–Crippen LogP) is 7.30. The summed E-state index contributed by atoms with van der Waals surface area (Å²) in [6.07, 6.45) is 23.0. The van der Waals surface area contributed by atoms with Gasteiger partial charge in [-0.3, -0.25) is 4.79 Å². The molecule has 152 valence electrons. The van der Waals surface area contributed by atoms with Crippen LogP contribution in [0.2, 0.25) is 0 Å². The molecular formula is C21H46N2O2. The lowest BCUT2D eigenvalue weighted by Gasteiger charge is -2.03. The summed E-state index contributed by atoms with van der Waals surface area (Å²) < 4.78 is 5.06. The molecule has 0 aliphatic carbocycles. The molecule has 0 bridgehead atoms. The van der Waals surface area contributed by atoms with Gasteiger partial charge in [0.2, 0.25) is 0 Å². The van der Waals surface area contributed by atoms with Crippen LogP contribution < -0.4 is 12.3 Å². The first-order chi connectivity index (χ1) is 11.3. The Labute approximate surface area is 157 Å². The van der Waals surface area contributed by atoms with Crippen molar-refractivity contribution in [3.63, 3.8) is 0 Å². The highest BCUT2D eigenvalue weighted by atomic mass is 16.5. The Balaban J connectivity index is -0.00000242. The highest BCUT2D eigenvalue weighted by Gasteiger charge is 2.01. The number of ether oxygens (including phenoxy) is 1. The van der Waals surface area contributed by atoms with Crippen LogP contribution in [0.15, 0.2) is 12.2 Å². The van der Waals surface area contributed by atoms with Gasteiger partial charge in [-0.1, -0.05) is 77.4 Å². The average Bonchev–Trinajstić information content (AvgIpc) is 2.56. The number of hydrogen-bond acceptors (Lipinski definition) is 4. The maximum absolute atomic E-state index is 11.3. The lowest BCUT2D eigenvalue weighted by atomic mass is 10.1. The molecule has 25 heavy (non-hydrogen) atoms. The highest BCUT2D eigenvalue weighted by Crippen LogP contribution is 2.10. The molecule has 0 amide bonds. The van der Waals surface area contributed by atoms with Gasteiger partial charge in [-0.2, -0.15) is 0 Å². The van der Waals surface area contributed by atoms with E-state index in [4.69, 9.17) is 4.74 Å². The quantitative estimate of drug-likeness (QED) is 0.162. The van der Waals surface area contributed by atoms with Crippen LogP contribution in [0.25, 0.3) is 0 Å². The molecule has 0 aromatic heterocycles. The summed E-state index contributed by atoms with van der Waals surface area (Å²) in [5, 5.41) is 0. The van der Waals surface area contributed by atoms with Crippen LogP contribution in [0.3, 0.4) is 0 Å². The molecule has 6 N–H and O–H groups in total. The maximum Gasteiger partial charge on any atom is 0.305 e. The summed E-state index contributed by atoms with van der Waals surface area (Å²) in [7, 11) is 0. The van der Waals surface area contributed by atoms with Crippen LogP contribution in [0.5, 0.6) is 0 Å². The summed E-state index contributed by atoms with van der Waals surface area (Å²) in [5.41, 5.74) is 0. The van der Waals surface area contributed by atoms with Crippen LogP contribution in [0, 0.1) is 0 Å². The van der Waals surface area contributed by atoms with Gasteiger partial charge in [0.15, 0.2) is 0 Å². The van der Waals surface area contributed by atoms with Gasteiger partial charge in [0, 0.05) is 6.42 Å². The fraction of sp³-hybridized carbons (Fsp3) is 0.857. The van der Waals surface area contributed by atoms with Crippen molar-refractivity contribution in [2.45, 2.75) is 110 Å². The zero-order valence-corrected chi connectivity index (χ0v) is 17.2. The standard InChI is InChI=1S/C21H40O2.2H3N/c1-3-5-6-7-8-9-10-11-12-13-14-15-16-17-18-19-21(22)23-20-4-2;;/h11-12H,3-10,13-20H2,1-2H3;2*1H3/b12-11-;;. The van der Waals surface area contributed by atoms with Gasteiger partial charge in [-0.05, 0) is 38.5 Å². The van der Waals surface area contributed by atoms with E-state index < -0.39 is 0 Å². The van der Waals surface area contributed by atoms with Crippen molar-refractivity contribution in [2.24, 2.45) is 0 Å². The van der Waals surface area contributed by atoms with Crippen molar-refractivity contribution in [3.8, 4) is 0 Å². The smallest absolute Gasteiger partial charge is 0.305 e. The van der Waals surface area contributed by atoms with Gasteiger partial charge in [0.05, 0.1) is 6.61 Å². The molecule has 0 aliphatic rings. The third-order valence-electron chi connectivity index (χ3n) is 4.11. The number of carbonyl (C=O) groups excluding carboxylic acids is 1. The minimum Gasteiger partial charge on any atom is -0.466 e. The van der Waals surface area contributed by atoms with Gasteiger partial charge in [-0.25, -0.2) is 0 Å². The summed E-state index contributed by atoms with van der Waals surface area (Å²) in [6.45, 7) is 4.86. The minimum atomic E-state index is -0.0236. The molecule has 0 rings (SSSR count). The first kappa shape index (κ1) is 28.9. The maximum atomic E-state index is 11.3. The molecule has 0 atom stereocenters. The van der Waals surface area contributed by atoms with E-state index in [-0.39, 0.29) is 18.3 Å². The Bertz CT molecular complexity index is 281. The van der Waals surface area contributed by atoms with Crippen molar-refractivity contribution in [3.05, 3.63) is 12.2 Å². The molecule has 4 heteroatoms. The molecule has 0 aliphatic heterocycles. The second-order valence-electron chi connectivity index (χ2n) is 6.55. The highest BCUT2D eigenvalue weighted by molar-refractivity contribution is 5.69. The summed E-state index contributed by atoms with van der Waals surface area (Å²) >= 11 is 0. The third kappa shape index (κ3) is 25.5. The largest absolute Gasteiger partial charge is 0.466 e. The average molecular weight is 359 g/mol. The van der Waals surface area contributed by atoms with Crippen molar-refractivity contribution in [2.75, 3.05) is 6.61 Å². The summed E-state index contributed by atoms with van der Waals surface area (Å²) in [4.78, 5) is 11.3. The molecule has 0 saturated heterocycles. The molecule has 4 nitrogen and oxygen atoms in total. The van der Waals surface area contributed by atoms with E-state index in [0.29, 0.717) is 13.0 Å². The van der Waals surface area contributed by atoms with Gasteiger partial charge >= 0.3 is 5.97 Å². The van der Waals surface area contributed by atoms with E-state index in [0.717, 1.165) is 19.3 Å².